The van der Waals surface area contributed by atoms with E-state index in [2.05, 4.69) is 4.98 Å². The minimum absolute atomic E-state index is 0.0715. The molecule has 0 aromatic carbocycles. The Labute approximate surface area is 139 Å². The second kappa shape index (κ2) is 5.60. The van der Waals surface area contributed by atoms with Crippen LogP contribution >= 0.6 is 23.2 Å². The molecular formula is C16H16Cl2N2O2. The summed E-state index contributed by atoms with van der Waals surface area (Å²) in [5.74, 6) is 0.647. The molecule has 1 fully saturated rings. The largest absolute Gasteiger partial charge is 0.467 e. The van der Waals surface area contributed by atoms with Crippen molar-refractivity contribution in [1.82, 2.24) is 9.88 Å². The number of alkyl halides is 2. The van der Waals surface area contributed by atoms with Crippen molar-refractivity contribution in [1.29, 1.82) is 0 Å². The molecule has 0 radical (unpaired) electrons. The van der Waals surface area contributed by atoms with Crippen LogP contribution in [0, 0.1) is 5.41 Å². The van der Waals surface area contributed by atoms with Crippen molar-refractivity contribution in [2.24, 2.45) is 5.41 Å². The molecule has 0 bridgehead atoms. The summed E-state index contributed by atoms with van der Waals surface area (Å²) in [7, 11) is 0. The number of amides is 1. The zero-order valence-corrected chi connectivity index (χ0v) is 13.6. The number of carbonyl (C=O) groups excluding carboxylic acids is 1. The molecule has 2 aromatic heterocycles. The summed E-state index contributed by atoms with van der Waals surface area (Å²) in [5.41, 5.74) is 0.201. The van der Waals surface area contributed by atoms with E-state index < -0.39 is 9.75 Å². The third-order valence-corrected chi connectivity index (χ3v) is 5.14. The number of halogens is 2. The van der Waals surface area contributed by atoms with Gasteiger partial charge in [0.05, 0.1) is 18.2 Å². The summed E-state index contributed by atoms with van der Waals surface area (Å²) in [4.78, 5) is 18.7. The molecule has 1 aliphatic rings. The first-order chi connectivity index (χ1) is 10.4. The minimum Gasteiger partial charge on any atom is -0.467 e. The lowest BCUT2D eigenvalue weighted by Crippen LogP contribution is -2.37. The van der Waals surface area contributed by atoms with Gasteiger partial charge < -0.3 is 9.32 Å². The summed E-state index contributed by atoms with van der Waals surface area (Å²) >= 11 is 12.3. The van der Waals surface area contributed by atoms with E-state index in [0.29, 0.717) is 19.5 Å². The van der Waals surface area contributed by atoms with Gasteiger partial charge in [-0.3, -0.25) is 9.78 Å². The Hall–Kier alpha value is -1.52. The maximum Gasteiger partial charge on any atom is 0.232 e. The van der Waals surface area contributed by atoms with E-state index in [0.717, 1.165) is 11.3 Å². The molecule has 0 saturated heterocycles. The fourth-order valence-corrected chi connectivity index (χ4v) is 3.18. The summed E-state index contributed by atoms with van der Waals surface area (Å²) in [6, 6.07) is 7.41. The molecule has 0 aliphatic heterocycles. The minimum atomic E-state index is -0.986. The SMILES string of the molecule is CC1(C(=O)N(Cc2cccnc2)Cc2ccco2)CC1(Cl)Cl. The molecular weight excluding hydrogens is 323 g/mol. The van der Waals surface area contributed by atoms with Crippen molar-refractivity contribution in [3.8, 4) is 0 Å². The van der Waals surface area contributed by atoms with Gasteiger partial charge in [0, 0.05) is 18.9 Å². The molecule has 4 nitrogen and oxygen atoms in total. The average Bonchev–Trinajstić information content (AvgIpc) is 2.84. The van der Waals surface area contributed by atoms with Crippen LogP contribution in [0.25, 0.3) is 0 Å². The topological polar surface area (TPSA) is 46.3 Å². The molecule has 0 spiro atoms. The van der Waals surface area contributed by atoms with Crippen LogP contribution in [0.2, 0.25) is 0 Å². The maximum absolute atomic E-state index is 12.9. The van der Waals surface area contributed by atoms with Crippen LogP contribution in [0.1, 0.15) is 24.7 Å². The van der Waals surface area contributed by atoms with Crippen molar-refractivity contribution in [2.45, 2.75) is 30.8 Å². The molecule has 1 amide bonds. The molecule has 1 unspecified atom stereocenters. The van der Waals surface area contributed by atoms with E-state index >= 15 is 0 Å². The zero-order valence-electron chi connectivity index (χ0n) is 12.1. The molecule has 6 heteroatoms. The Bertz CT molecular complexity index is 658. The average molecular weight is 339 g/mol. The summed E-state index contributed by atoms with van der Waals surface area (Å²) in [5, 5.41) is 0. The van der Waals surface area contributed by atoms with Crippen LogP contribution in [-0.4, -0.2) is 20.1 Å². The van der Waals surface area contributed by atoms with Crippen LogP contribution in [0.5, 0.6) is 0 Å². The number of hydrogen-bond acceptors (Lipinski definition) is 3. The lowest BCUT2D eigenvalue weighted by molar-refractivity contribution is -0.138. The summed E-state index contributed by atoms with van der Waals surface area (Å²) < 4.78 is 4.38. The van der Waals surface area contributed by atoms with Crippen LogP contribution in [-0.2, 0) is 17.9 Å². The lowest BCUT2D eigenvalue weighted by atomic mass is 10.1. The quantitative estimate of drug-likeness (QED) is 0.779. The highest BCUT2D eigenvalue weighted by molar-refractivity contribution is 6.53. The molecule has 1 saturated carbocycles. The predicted molar refractivity (Wildman–Crippen MR) is 84.4 cm³/mol. The Kier molecular flexibility index (Phi) is 3.91. The van der Waals surface area contributed by atoms with Gasteiger partial charge in [-0.15, -0.1) is 23.2 Å². The summed E-state index contributed by atoms with van der Waals surface area (Å²) in [6.45, 7) is 2.61. The monoisotopic (exact) mass is 338 g/mol. The number of hydrogen-bond donors (Lipinski definition) is 0. The molecule has 2 heterocycles. The van der Waals surface area contributed by atoms with Gasteiger partial charge in [-0.2, -0.15) is 0 Å². The van der Waals surface area contributed by atoms with E-state index in [1.165, 1.54) is 0 Å². The van der Waals surface area contributed by atoms with Crippen LogP contribution in [0.15, 0.2) is 47.3 Å². The van der Waals surface area contributed by atoms with Gasteiger partial charge >= 0.3 is 0 Å². The normalized spacial score (nSPS) is 22.3. The van der Waals surface area contributed by atoms with Crippen molar-refractivity contribution in [3.63, 3.8) is 0 Å². The smallest absolute Gasteiger partial charge is 0.232 e. The van der Waals surface area contributed by atoms with Crippen LogP contribution in [0.3, 0.4) is 0 Å². The number of aromatic nitrogens is 1. The highest BCUT2D eigenvalue weighted by atomic mass is 35.5. The van der Waals surface area contributed by atoms with Gasteiger partial charge in [0.25, 0.3) is 0 Å². The molecule has 0 N–H and O–H groups in total. The van der Waals surface area contributed by atoms with Crippen molar-refractivity contribution >= 4 is 29.1 Å². The van der Waals surface area contributed by atoms with Crippen LogP contribution < -0.4 is 0 Å². The standard InChI is InChI=1S/C16H16Cl2N2O2/c1-15(11-16(15,17)18)14(21)20(10-13-5-3-7-22-13)9-12-4-2-6-19-8-12/h2-8H,9-11H2,1H3. The van der Waals surface area contributed by atoms with E-state index in [4.69, 9.17) is 27.6 Å². The maximum atomic E-state index is 12.9. The summed E-state index contributed by atoms with van der Waals surface area (Å²) in [6.07, 6.45) is 5.50. The van der Waals surface area contributed by atoms with E-state index in [1.54, 1.807) is 36.5 Å². The Morgan fingerprint density at radius 1 is 1.36 bits per heavy atom. The fraction of sp³-hybridized carbons (Fsp3) is 0.375. The molecule has 22 heavy (non-hydrogen) atoms. The molecule has 2 aromatic rings. The molecule has 1 aliphatic carbocycles. The van der Waals surface area contributed by atoms with Crippen molar-refractivity contribution in [3.05, 3.63) is 54.2 Å². The number of carbonyl (C=O) groups is 1. The van der Waals surface area contributed by atoms with Crippen LogP contribution in [0.4, 0.5) is 0 Å². The van der Waals surface area contributed by atoms with Gasteiger partial charge in [0.1, 0.15) is 10.1 Å². The second-order valence-electron chi connectivity index (χ2n) is 5.82. The number of rotatable bonds is 5. The van der Waals surface area contributed by atoms with Crippen molar-refractivity contribution in [2.75, 3.05) is 0 Å². The zero-order chi connectivity index (χ0) is 15.8. The molecule has 3 rings (SSSR count). The second-order valence-corrected chi connectivity index (χ2v) is 7.30. The Morgan fingerprint density at radius 2 is 2.14 bits per heavy atom. The first-order valence-electron chi connectivity index (χ1n) is 7.01. The highest BCUT2D eigenvalue weighted by Gasteiger charge is 2.68. The first-order valence-corrected chi connectivity index (χ1v) is 7.76. The van der Waals surface area contributed by atoms with Crippen molar-refractivity contribution < 1.29 is 9.21 Å². The number of furan rings is 1. The third kappa shape index (κ3) is 2.85. The van der Waals surface area contributed by atoms with Gasteiger partial charge in [-0.05, 0) is 37.1 Å². The van der Waals surface area contributed by atoms with Gasteiger partial charge in [-0.25, -0.2) is 0 Å². The molecule has 116 valence electrons. The number of pyridine rings is 1. The Morgan fingerprint density at radius 3 is 2.68 bits per heavy atom. The van der Waals surface area contributed by atoms with Gasteiger partial charge in [-0.1, -0.05) is 6.07 Å². The Balaban J connectivity index is 1.81. The van der Waals surface area contributed by atoms with E-state index in [-0.39, 0.29) is 5.91 Å². The fourth-order valence-electron chi connectivity index (χ4n) is 2.48. The van der Waals surface area contributed by atoms with E-state index in [9.17, 15) is 4.79 Å². The van der Waals surface area contributed by atoms with Gasteiger partial charge in [0.2, 0.25) is 5.91 Å². The highest BCUT2D eigenvalue weighted by Crippen LogP contribution is 2.64. The van der Waals surface area contributed by atoms with Gasteiger partial charge in [0.15, 0.2) is 0 Å². The number of nitrogens with zero attached hydrogens (tertiary/aromatic N) is 2. The molecule has 1 atom stereocenters. The first kappa shape index (κ1) is 15.4. The third-order valence-electron chi connectivity index (χ3n) is 4.04. The lowest BCUT2D eigenvalue weighted by Gasteiger charge is -2.26. The van der Waals surface area contributed by atoms with E-state index in [1.807, 2.05) is 18.2 Å². The predicted octanol–water partition coefficient (Wildman–Crippen LogP) is 3.79.